The minimum absolute atomic E-state index is 0.307. The number of rotatable bonds is 11. The van der Waals surface area contributed by atoms with Gasteiger partial charge in [-0.2, -0.15) is 0 Å². The Bertz CT molecular complexity index is 1360. The monoisotopic (exact) mass is 568 g/mol. The first-order chi connectivity index (χ1) is 18.4. The number of carbonyl (C=O) groups is 2. The van der Waals surface area contributed by atoms with Gasteiger partial charge in [0.15, 0.2) is 0 Å². The number of amides is 2. The van der Waals surface area contributed by atoms with Crippen molar-refractivity contribution in [1.29, 1.82) is 0 Å². The highest BCUT2D eigenvalue weighted by molar-refractivity contribution is 7.85. The largest absolute Gasteiger partial charge is 0.453 e. The fourth-order valence-corrected chi connectivity index (χ4v) is 5.93. The fourth-order valence-electron chi connectivity index (χ4n) is 3.83. The topological polar surface area (TPSA) is 109 Å². The van der Waals surface area contributed by atoms with Crippen LogP contribution in [0.2, 0.25) is 0 Å². The maximum absolute atomic E-state index is 13.5. The molecule has 4 aromatic rings. The number of alkyl carbamates (subject to hydrolysis) is 1. The molecule has 2 amide bonds. The summed E-state index contributed by atoms with van der Waals surface area (Å²) >= 11 is 3.08. The number of nitrogens with zero attached hydrogens (tertiary/aromatic N) is 1. The van der Waals surface area contributed by atoms with E-state index in [1.165, 1.54) is 18.4 Å². The normalized spacial score (nSPS) is 13.2. The molecule has 2 aromatic heterocycles. The van der Waals surface area contributed by atoms with Gasteiger partial charge in [-0.1, -0.05) is 48.5 Å². The summed E-state index contributed by atoms with van der Waals surface area (Å²) in [7, 11) is 0.0970. The van der Waals surface area contributed by atoms with Crippen LogP contribution in [0.3, 0.4) is 0 Å². The molecule has 8 nitrogen and oxygen atoms in total. The van der Waals surface area contributed by atoms with E-state index in [1.807, 2.05) is 77.5 Å². The molecule has 0 fully saturated rings. The Labute approximate surface area is 232 Å². The summed E-state index contributed by atoms with van der Waals surface area (Å²) in [5, 5.41) is 10.5. The lowest BCUT2D eigenvalue weighted by atomic mass is 10.0. The molecular weight excluding hydrogens is 541 g/mol. The molecule has 0 aliphatic heterocycles. The maximum Gasteiger partial charge on any atom is 0.407 e. The summed E-state index contributed by atoms with van der Waals surface area (Å²) < 4.78 is 19.1. The van der Waals surface area contributed by atoms with Gasteiger partial charge < -0.3 is 20.1 Å². The van der Waals surface area contributed by atoms with Gasteiger partial charge in [-0.25, -0.2) is 14.0 Å². The second kappa shape index (κ2) is 13.3. The van der Waals surface area contributed by atoms with Crippen molar-refractivity contribution in [2.24, 2.45) is 0 Å². The number of nitrogens with one attached hydrogen (secondary N) is 3. The van der Waals surface area contributed by atoms with Crippen LogP contribution in [0.5, 0.6) is 0 Å². The Kier molecular flexibility index (Phi) is 9.63. The van der Waals surface area contributed by atoms with Crippen LogP contribution in [0.1, 0.15) is 22.2 Å². The number of carbonyl (C=O) groups excluding carboxylic acids is 2. The number of thiophene rings is 1. The highest BCUT2D eigenvalue weighted by Crippen LogP contribution is 2.30. The molecule has 3 N–H and O–H groups in total. The van der Waals surface area contributed by atoms with E-state index in [-0.39, 0.29) is 5.91 Å². The zero-order valence-electron chi connectivity index (χ0n) is 20.9. The van der Waals surface area contributed by atoms with Gasteiger partial charge in [0.05, 0.1) is 23.7 Å². The first kappa shape index (κ1) is 27.5. The molecule has 0 aliphatic rings. The van der Waals surface area contributed by atoms with E-state index in [9.17, 15) is 13.8 Å². The van der Waals surface area contributed by atoms with Crippen molar-refractivity contribution < 1.29 is 18.5 Å². The Morgan fingerprint density at radius 3 is 2.34 bits per heavy atom. The number of hydrogen-bond acceptors (Lipinski definition) is 7. The van der Waals surface area contributed by atoms with E-state index in [0.29, 0.717) is 12.8 Å². The highest BCUT2D eigenvalue weighted by atomic mass is 32.2. The van der Waals surface area contributed by atoms with Crippen LogP contribution in [0, 0.1) is 0 Å². The summed E-state index contributed by atoms with van der Waals surface area (Å²) in [6.07, 6.45) is 1.68. The van der Waals surface area contributed by atoms with Gasteiger partial charge in [0.2, 0.25) is 5.91 Å². The summed E-state index contributed by atoms with van der Waals surface area (Å²) in [5.41, 5.74) is 3.48. The molecule has 0 unspecified atom stereocenters. The second-order valence-corrected chi connectivity index (χ2v) is 11.4. The van der Waals surface area contributed by atoms with Crippen molar-refractivity contribution in [3.8, 4) is 10.6 Å². The quantitative estimate of drug-likeness (QED) is 0.237. The molecule has 0 radical (unpaired) electrons. The van der Waals surface area contributed by atoms with Gasteiger partial charge in [-0.05, 0) is 41.1 Å². The zero-order chi connectivity index (χ0) is 26.9. The third-order valence-electron chi connectivity index (χ3n) is 5.64. The third kappa shape index (κ3) is 7.73. The van der Waals surface area contributed by atoms with Gasteiger partial charge in [-0.15, -0.1) is 22.7 Å². The average Bonchev–Trinajstić information content (AvgIpc) is 3.62. The van der Waals surface area contributed by atoms with Gasteiger partial charge in [-0.3, -0.25) is 4.79 Å². The van der Waals surface area contributed by atoms with Crippen LogP contribution < -0.4 is 15.4 Å². The number of methoxy groups -OCH3 is 1. The fraction of sp³-hybridized carbons (Fsp3) is 0.222. The average molecular weight is 569 g/mol. The Morgan fingerprint density at radius 1 is 0.947 bits per heavy atom. The molecule has 2 heterocycles. The van der Waals surface area contributed by atoms with E-state index in [0.717, 1.165) is 32.4 Å². The van der Waals surface area contributed by atoms with Crippen molar-refractivity contribution in [3.05, 3.63) is 93.6 Å². The van der Waals surface area contributed by atoms with Gasteiger partial charge in [0, 0.05) is 23.7 Å². The van der Waals surface area contributed by atoms with Crippen LogP contribution >= 0.6 is 22.7 Å². The summed E-state index contributed by atoms with van der Waals surface area (Å²) in [6, 6.07) is 19.8. The van der Waals surface area contributed by atoms with Crippen molar-refractivity contribution >= 4 is 51.3 Å². The zero-order valence-corrected chi connectivity index (χ0v) is 23.3. The number of anilines is 1. The number of hydrogen-bond donors (Lipinski definition) is 3. The van der Waals surface area contributed by atoms with Crippen LogP contribution in [-0.2, 0) is 33.4 Å². The highest BCUT2D eigenvalue weighted by Gasteiger charge is 2.26. The molecule has 11 heteroatoms. The predicted octanol–water partition coefficient (Wildman–Crippen LogP) is 4.94. The van der Waals surface area contributed by atoms with Crippen LogP contribution in [-0.4, -0.2) is 40.6 Å². The van der Waals surface area contributed by atoms with Crippen LogP contribution in [0.15, 0.2) is 77.5 Å². The summed E-state index contributed by atoms with van der Waals surface area (Å²) in [4.78, 5) is 31.5. The minimum Gasteiger partial charge on any atom is -0.453 e. The minimum atomic E-state index is -1.17. The molecule has 0 spiro atoms. The second-order valence-electron chi connectivity index (χ2n) is 8.44. The Morgan fingerprint density at radius 2 is 1.68 bits per heavy atom. The molecule has 198 valence electrons. The molecular formula is C27H28N4O4S3. The molecule has 2 aromatic carbocycles. The van der Waals surface area contributed by atoms with Crippen molar-refractivity contribution in [2.45, 2.75) is 24.9 Å². The predicted molar refractivity (Wildman–Crippen MR) is 154 cm³/mol. The lowest BCUT2D eigenvalue weighted by molar-refractivity contribution is -0.123. The van der Waals surface area contributed by atoms with E-state index >= 15 is 0 Å². The van der Waals surface area contributed by atoms with E-state index in [2.05, 4.69) is 15.4 Å². The first-order valence-corrected chi connectivity index (χ1v) is 15.1. The Hall–Kier alpha value is -3.54. The molecule has 3 atom stereocenters. The molecule has 0 aliphatic carbocycles. The van der Waals surface area contributed by atoms with E-state index < -0.39 is 29.2 Å². The van der Waals surface area contributed by atoms with Crippen LogP contribution in [0.4, 0.5) is 10.5 Å². The number of thiazole rings is 1. The summed E-state index contributed by atoms with van der Waals surface area (Å²) in [5.74, 6) is -0.336. The van der Waals surface area contributed by atoms with Gasteiger partial charge >= 0.3 is 6.09 Å². The standard InChI is InChI=1S/C27H28N4O4S3/c1-35-27(33)30-21(15-18-7-4-3-5-8-18)25(32)28-22(16-19-10-12-20(13-11-19)31-38(2)34)26-29-23(17-37-26)24-9-6-14-36-24/h3-14,17,21-22,31H,15-16H2,1-2H3,(H,28,32)(H,30,33)/t21-,22-,38+/m0/s1. The molecule has 4 rings (SSSR count). The number of aromatic nitrogens is 1. The SMILES string of the molecule is COC(=O)N[C@@H](Cc1ccccc1)C(=O)N[C@@H](Cc1ccc(N[S@@](C)=O)cc1)c1nc(-c2cccs2)cs1. The molecule has 0 saturated heterocycles. The van der Waals surface area contributed by atoms with Gasteiger partial charge in [0.25, 0.3) is 0 Å². The Balaban J connectivity index is 1.58. The molecule has 0 bridgehead atoms. The third-order valence-corrected chi connectivity index (χ3v) is 8.02. The molecule has 38 heavy (non-hydrogen) atoms. The maximum atomic E-state index is 13.5. The van der Waals surface area contributed by atoms with Crippen molar-refractivity contribution in [2.75, 3.05) is 18.1 Å². The van der Waals surface area contributed by atoms with Crippen LogP contribution in [0.25, 0.3) is 10.6 Å². The van der Waals surface area contributed by atoms with Crippen molar-refractivity contribution in [3.63, 3.8) is 0 Å². The van der Waals surface area contributed by atoms with Gasteiger partial charge in [0.1, 0.15) is 22.0 Å². The number of benzene rings is 2. The lowest BCUT2D eigenvalue weighted by Gasteiger charge is -2.22. The smallest absolute Gasteiger partial charge is 0.407 e. The van der Waals surface area contributed by atoms with Crippen molar-refractivity contribution in [1.82, 2.24) is 15.6 Å². The first-order valence-electron chi connectivity index (χ1n) is 11.8. The lowest BCUT2D eigenvalue weighted by Crippen LogP contribution is -2.49. The van der Waals surface area contributed by atoms with E-state index in [4.69, 9.17) is 9.72 Å². The van der Waals surface area contributed by atoms with E-state index in [1.54, 1.807) is 17.6 Å². The number of ether oxygens (including phenoxy) is 1. The summed E-state index contributed by atoms with van der Waals surface area (Å²) in [6.45, 7) is 0. The molecule has 0 saturated carbocycles.